The number of nitrogens with zero attached hydrogens (tertiary/aromatic N) is 4. The van der Waals surface area contributed by atoms with Crippen LogP contribution in [0.5, 0.6) is 11.5 Å². The molecule has 1 amide bonds. The van der Waals surface area contributed by atoms with E-state index in [0.29, 0.717) is 43.2 Å². The van der Waals surface area contributed by atoms with E-state index < -0.39 is 11.6 Å². The highest BCUT2D eigenvalue weighted by Gasteiger charge is 2.43. The van der Waals surface area contributed by atoms with Crippen LogP contribution in [0.2, 0.25) is 0 Å². The average Bonchev–Trinajstić information content (AvgIpc) is 3.60. The molecule has 7 nitrogen and oxygen atoms in total. The van der Waals surface area contributed by atoms with Gasteiger partial charge in [0.25, 0.3) is 0 Å². The molecule has 3 fully saturated rings. The van der Waals surface area contributed by atoms with Gasteiger partial charge in [-0.2, -0.15) is 0 Å². The van der Waals surface area contributed by atoms with Crippen molar-refractivity contribution in [2.75, 3.05) is 44.8 Å². The molecule has 2 saturated heterocycles. The van der Waals surface area contributed by atoms with Crippen molar-refractivity contribution in [1.29, 1.82) is 0 Å². The Morgan fingerprint density at radius 1 is 1.06 bits per heavy atom. The Morgan fingerprint density at radius 2 is 1.74 bits per heavy atom. The Hall–Kier alpha value is -2.97. The van der Waals surface area contributed by atoms with Gasteiger partial charge in [-0.15, -0.1) is 0 Å². The summed E-state index contributed by atoms with van der Waals surface area (Å²) in [6, 6.07) is 2.40. The average molecular weight is 487 g/mol. The zero-order valence-electron chi connectivity index (χ0n) is 20.1. The summed E-state index contributed by atoms with van der Waals surface area (Å²) in [4.78, 5) is 24.7. The monoisotopic (exact) mass is 486 g/mol. The van der Waals surface area contributed by atoms with E-state index >= 15 is 0 Å². The molecule has 3 aliphatic rings. The maximum atomic E-state index is 14.4. The number of rotatable bonds is 9. The number of piperidine rings is 1. The second kappa shape index (κ2) is 10.3. The van der Waals surface area contributed by atoms with Crippen LogP contribution in [0.4, 0.5) is 14.7 Å². The van der Waals surface area contributed by atoms with Gasteiger partial charge in [0.05, 0.1) is 32.5 Å². The Bertz CT molecular complexity index is 1020. The molecule has 1 aromatic carbocycles. The van der Waals surface area contributed by atoms with E-state index in [9.17, 15) is 13.6 Å². The predicted octanol–water partition coefficient (Wildman–Crippen LogP) is 3.86. The minimum absolute atomic E-state index is 0.178. The van der Waals surface area contributed by atoms with Gasteiger partial charge in [-0.1, -0.05) is 0 Å². The van der Waals surface area contributed by atoms with Gasteiger partial charge in [-0.3, -0.25) is 4.79 Å². The molecule has 3 heterocycles. The number of ether oxygens (including phenoxy) is 2. The van der Waals surface area contributed by atoms with Crippen LogP contribution in [-0.4, -0.2) is 60.7 Å². The summed E-state index contributed by atoms with van der Waals surface area (Å²) in [7, 11) is 1.60. The van der Waals surface area contributed by atoms with E-state index in [2.05, 4.69) is 14.9 Å². The molecule has 1 aliphatic carbocycles. The van der Waals surface area contributed by atoms with Crippen molar-refractivity contribution < 1.29 is 23.0 Å². The van der Waals surface area contributed by atoms with E-state index in [1.54, 1.807) is 24.4 Å². The molecular formula is C26H32F2N4O3. The van der Waals surface area contributed by atoms with Gasteiger partial charge in [-0.25, -0.2) is 18.7 Å². The number of halogens is 2. The number of amides is 1. The molecule has 5 rings (SSSR count). The molecule has 9 heteroatoms. The maximum Gasteiger partial charge on any atom is 0.227 e. The Balaban J connectivity index is 1.04. The topological polar surface area (TPSA) is 67.8 Å². The van der Waals surface area contributed by atoms with Crippen molar-refractivity contribution in [3.05, 3.63) is 41.7 Å². The molecule has 1 unspecified atom stereocenters. The number of hydrogen-bond donors (Lipinski definition) is 0. The van der Waals surface area contributed by atoms with Gasteiger partial charge in [0.1, 0.15) is 17.4 Å². The fraction of sp³-hybridized carbons (Fsp3) is 0.577. The highest BCUT2D eigenvalue weighted by atomic mass is 19.1. The first-order valence-corrected chi connectivity index (χ1v) is 12.5. The second-order valence-electron chi connectivity index (χ2n) is 9.82. The van der Waals surface area contributed by atoms with Crippen molar-refractivity contribution >= 4 is 11.9 Å². The van der Waals surface area contributed by atoms with Crippen molar-refractivity contribution in [3.63, 3.8) is 0 Å². The molecule has 35 heavy (non-hydrogen) atoms. The summed E-state index contributed by atoms with van der Waals surface area (Å²) >= 11 is 0. The smallest absolute Gasteiger partial charge is 0.227 e. The summed E-state index contributed by atoms with van der Waals surface area (Å²) in [5.74, 6) is 1.91. The van der Waals surface area contributed by atoms with Crippen molar-refractivity contribution in [2.45, 2.75) is 38.5 Å². The Morgan fingerprint density at radius 3 is 2.34 bits per heavy atom. The zero-order chi connectivity index (χ0) is 24.4. The molecule has 0 radical (unpaired) electrons. The van der Waals surface area contributed by atoms with Gasteiger partial charge in [-0.05, 0) is 49.9 Å². The highest BCUT2D eigenvalue weighted by Crippen LogP contribution is 2.49. The summed E-state index contributed by atoms with van der Waals surface area (Å²) in [5.41, 5.74) is -0.178. The Labute approximate surface area is 204 Å². The summed E-state index contributed by atoms with van der Waals surface area (Å²) in [6.07, 6.45) is 8.40. The van der Waals surface area contributed by atoms with Gasteiger partial charge < -0.3 is 19.3 Å². The molecular weight excluding hydrogens is 454 g/mol. The lowest BCUT2D eigenvalue weighted by Crippen LogP contribution is -2.43. The molecule has 0 N–H and O–H groups in total. The normalized spacial score (nSPS) is 22.0. The molecule has 2 aliphatic heterocycles. The number of anilines is 1. The van der Waals surface area contributed by atoms with Crippen LogP contribution in [0.25, 0.3) is 0 Å². The molecule has 188 valence electrons. The number of carbonyl (C=O) groups is 1. The summed E-state index contributed by atoms with van der Waals surface area (Å²) in [6.45, 7) is 3.66. The highest BCUT2D eigenvalue weighted by molar-refractivity contribution is 5.79. The number of aromatic nitrogens is 2. The first-order chi connectivity index (χ1) is 17.0. The van der Waals surface area contributed by atoms with Crippen LogP contribution in [0.3, 0.4) is 0 Å². The van der Waals surface area contributed by atoms with E-state index in [4.69, 9.17) is 9.47 Å². The van der Waals surface area contributed by atoms with Crippen molar-refractivity contribution in [1.82, 2.24) is 14.9 Å². The quantitative estimate of drug-likeness (QED) is 0.536. The minimum Gasteiger partial charge on any atom is -0.494 e. The fourth-order valence-electron chi connectivity index (χ4n) is 5.27. The van der Waals surface area contributed by atoms with Gasteiger partial charge in [0, 0.05) is 43.9 Å². The summed E-state index contributed by atoms with van der Waals surface area (Å²) in [5, 5.41) is 0. The number of carbonyl (C=O) groups excluding carboxylic acids is 1. The number of hydrogen-bond acceptors (Lipinski definition) is 6. The van der Waals surface area contributed by atoms with Crippen LogP contribution in [0.1, 0.15) is 37.7 Å². The van der Waals surface area contributed by atoms with Gasteiger partial charge in [0.2, 0.25) is 11.9 Å². The SMILES string of the molecule is COc1cnc(N2CCC([C@H]3CC3CCOc3cc(F)c(CC(=O)N4CCC4)c(F)c3)CC2)nc1. The lowest BCUT2D eigenvalue weighted by atomic mass is 9.90. The molecule has 0 spiro atoms. The molecule has 2 aromatic rings. The summed E-state index contributed by atoms with van der Waals surface area (Å²) < 4.78 is 39.7. The van der Waals surface area contributed by atoms with Crippen LogP contribution >= 0.6 is 0 Å². The van der Waals surface area contributed by atoms with Gasteiger partial charge >= 0.3 is 0 Å². The van der Waals surface area contributed by atoms with Crippen LogP contribution in [0.15, 0.2) is 24.5 Å². The van der Waals surface area contributed by atoms with Crippen LogP contribution < -0.4 is 14.4 Å². The van der Waals surface area contributed by atoms with E-state index in [0.717, 1.165) is 44.7 Å². The standard InChI is InChI=1S/C26H32F2N4O3/c1-34-20-15-29-26(30-16-20)32-8-3-17(4-9-32)21-11-18(21)5-10-35-19-12-23(27)22(24(28)13-19)14-25(33)31-6-2-7-31/h12-13,15-18,21H,2-11,14H2,1H3/t18?,21-/m1/s1. The van der Waals surface area contributed by atoms with Crippen molar-refractivity contribution in [3.8, 4) is 11.5 Å². The first kappa shape index (κ1) is 23.8. The van der Waals surface area contributed by atoms with E-state index in [1.807, 2.05) is 0 Å². The third kappa shape index (κ3) is 5.49. The third-order valence-electron chi connectivity index (χ3n) is 7.66. The lowest BCUT2D eigenvalue weighted by molar-refractivity contribution is -0.133. The molecule has 1 saturated carbocycles. The minimum atomic E-state index is -0.717. The predicted molar refractivity (Wildman–Crippen MR) is 126 cm³/mol. The number of benzene rings is 1. The number of likely N-dealkylation sites (tertiary alicyclic amines) is 1. The molecule has 2 atom stereocenters. The zero-order valence-corrected chi connectivity index (χ0v) is 20.1. The lowest BCUT2D eigenvalue weighted by Gasteiger charge is -2.32. The fourth-order valence-corrected chi connectivity index (χ4v) is 5.27. The third-order valence-corrected chi connectivity index (χ3v) is 7.66. The van der Waals surface area contributed by atoms with E-state index in [-0.39, 0.29) is 23.6 Å². The maximum absolute atomic E-state index is 14.4. The largest absolute Gasteiger partial charge is 0.494 e. The van der Waals surface area contributed by atoms with E-state index in [1.165, 1.54) is 18.6 Å². The molecule has 1 aromatic heterocycles. The first-order valence-electron chi connectivity index (χ1n) is 12.5. The van der Waals surface area contributed by atoms with Crippen LogP contribution in [0, 0.1) is 29.4 Å². The number of methoxy groups -OCH3 is 1. The molecule has 0 bridgehead atoms. The Kier molecular flexibility index (Phi) is 7.02. The second-order valence-corrected chi connectivity index (χ2v) is 9.82. The van der Waals surface area contributed by atoms with Gasteiger partial charge in [0.15, 0.2) is 5.75 Å². The van der Waals surface area contributed by atoms with Crippen LogP contribution in [-0.2, 0) is 11.2 Å². The van der Waals surface area contributed by atoms with Crippen molar-refractivity contribution in [2.24, 2.45) is 17.8 Å².